The highest BCUT2D eigenvalue weighted by molar-refractivity contribution is 5.76. The molecule has 0 bridgehead atoms. The summed E-state index contributed by atoms with van der Waals surface area (Å²) in [5.74, 6) is -0.0749. The van der Waals surface area contributed by atoms with E-state index in [2.05, 4.69) is 10.4 Å². The van der Waals surface area contributed by atoms with Crippen molar-refractivity contribution in [1.29, 1.82) is 0 Å². The number of carbonyl (C=O) groups excluding carboxylic acids is 2. The van der Waals surface area contributed by atoms with Gasteiger partial charge in [0.2, 0.25) is 12.3 Å². The van der Waals surface area contributed by atoms with E-state index in [1.165, 1.54) is 10.9 Å². The molecular formula is C16H20N4O3. The molecule has 122 valence electrons. The third kappa shape index (κ3) is 5.55. The molecule has 7 heteroatoms. The van der Waals surface area contributed by atoms with Crippen LogP contribution >= 0.6 is 0 Å². The van der Waals surface area contributed by atoms with Crippen LogP contribution in [-0.2, 0) is 27.5 Å². The standard InChI is InChI=1S/C16H20N4O3/c1-19(7-8-23-12-14-5-3-2-4-6-14)16(22)11-20-10-15(9-18-20)17-13-21/h2-6,9-10,13H,7-8,11-12H2,1H3,(H,17,21). The molecule has 23 heavy (non-hydrogen) atoms. The summed E-state index contributed by atoms with van der Waals surface area (Å²) < 4.78 is 7.04. The van der Waals surface area contributed by atoms with E-state index in [1.54, 1.807) is 18.1 Å². The molecule has 0 aliphatic heterocycles. The van der Waals surface area contributed by atoms with Crippen molar-refractivity contribution in [2.24, 2.45) is 0 Å². The number of likely N-dealkylation sites (N-methyl/N-ethyl adjacent to an activating group) is 1. The van der Waals surface area contributed by atoms with E-state index >= 15 is 0 Å². The average Bonchev–Trinajstić information content (AvgIpc) is 3.00. The molecule has 0 radical (unpaired) electrons. The highest BCUT2D eigenvalue weighted by Gasteiger charge is 2.10. The van der Waals surface area contributed by atoms with E-state index < -0.39 is 0 Å². The van der Waals surface area contributed by atoms with Crippen molar-refractivity contribution in [3.8, 4) is 0 Å². The molecule has 1 aromatic heterocycles. The second-order valence-electron chi connectivity index (χ2n) is 5.04. The molecule has 0 unspecified atom stereocenters. The summed E-state index contributed by atoms with van der Waals surface area (Å²) in [5, 5.41) is 6.49. The summed E-state index contributed by atoms with van der Waals surface area (Å²) in [7, 11) is 1.72. The molecule has 0 atom stereocenters. The van der Waals surface area contributed by atoms with Gasteiger partial charge in [0, 0.05) is 19.8 Å². The fourth-order valence-corrected chi connectivity index (χ4v) is 1.94. The molecule has 0 saturated carbocycles. The van der Waals surface area contributed by atoms with Crippen LogP contribution in [0.1, 0.15) is 5.56 Å². The number of ether oxygens (including phenoxy) is 1. The molecule has 0 fully saturated rings. The number of benzene rings is 1. The fourth-order valence-electron chi connectivity index (χ4n) is 1.94. The Hall–Kier alpha value is -2.67. The Bertz CT molecular complexity index is 627. The zero-order chi connectivity index (χ0) is 16.5. The van der Waals surface area contributed by atoms with Gasteiger partial charge < -0.3 is 15.0 Å². The lowest BCUT2D eigenvalue weighted by molar-refractivity contribution is -0.131. The number of anilines is 1. The monoisotopic (exact) mass is 316 g/mol. The van der Waals surface area contributed by atoms with Crippen LogP contribution in [0.25, 0.3) is 0 Å². The minimum Gasteiger partial charge on any atom is -0.375 e. The largest absolute Gasteiger partial charge is 0.375 e. The van der Waals surface area contributed by atoms with Crippen LogP contribution in [-0.4, -0.2) is 47.2 Å². The number of carbonyl (C=O) groups is 2. The smallest absolute Gasteiger partial charge is 0.244 e. The molecule has 0 spiro atoms. The molecular weight excluding hydrogens is 296 g/mol. The van der Waals surface area contributed by atoms with Crippen molar-refractivity contribution >= 4 is 18.0 Å². The van der Waals surface area contributed by atoms with Crippen molar-refractivity contribution in [2.45, 2.75) is 13.2 Å². The highest BCUT2D eigenvalue weighted by Crippen LogP contribution is 2.04. The number of hydrogen-bond donors (Lipinski definition) is 1. The summed E-state index contributed by atoms with van der Waals surface area (Å²) in [6.07, 6.45) is 3.66. The first-order valence-electron chi connectivity index (χ1n) is 7.27. The zero-order valence-corrected chi connectivity index (χ0v) is 13.0. The van der Waals surface area contributed by atoms with E-state index in [-0.39, 0.29) is 12.5 Å². The van der Waals surface area contributed by atoms with Crippen molar-refractivity contribution in [3.05, 3.63) is 48.3 Å². The third-order valence-electron chi connectivity index (χ3n) is 3.26. The van der Waals surface area contributed by atoms with Crippen LogP contribution < -0.4 is 5.32 Å². The van der Waals surface area contributed by atoms with Gasteiger partial charge in [0.1, 0.15) is 6.54 Å². The fraction of sp³-hybridized carbons (Fsp3) is 0.312. The summed E-state index contributed by atoms with van der Waals surface area (Å²) in [4.78, 5) is 24.0. The molecule has 1 aromatic carbocycles. The van der Waals surface area contributed by atoms with Crippen LogP contribution in [0.5, 0.6) is 0 Å². The number of rotatable bonds is 9. The number of hydrogen-bond acceptors (Lipinski definition) is 4. The molecule has 1 N–H and O–H groups in total. The number of aromatic nitrogens is 2. The quantitative estimate of drug-likeness (QED) is 0.556. The lowest BCUT2D eigenvalue weighted by atomic mass is 10.2. The Morgan fingerprint density at radius 2 is 2.17 bits per heavy atom. The van der Waals surface area contributed by atoms with Crippen molar-refractivity contribution in [3.63, 3.8) is 0 Å². The van der Waals surface area contributed by atoms with Crippen LogP contribution in [0.2, 0.25) is 0 Å². The van der Waals surface area contributed by atoms with Gasteiger partial charge in [0.25, 0.3) is 0 Å². The first kappa shape index (κ1) is 16.7. The van der Waals surface area contributed by atoms with Crippen LogP contribution in [0.3, 0.4) is 0 Å². The van der Waals surface area contributed by atoms with E-state index in [4.69, 9.17) is 4.74 Å². The Kier molecular flexibility index (Phi) is 6.31. The third-order valence-corrected chi connectivity index (χ3v) is 3.26. The molecule has 0 aliphatic rings. The van der Waals surface area contributed by atoms with Gasteiger partial charge >= 0.3 is 0 Å². The SMILES string of the molecule is CN(CCOCc1ccccc1)C(=O)Cn1cc(NC=O)cn1. The summed E-state index contributed by atoms with van der Waals surface area (Å²) in [5.41, 5.74) is 1.66. The lowest BCUT2D eigenvalue weighted by Gasteiger charge is -2.17. The molecule has 2 aromatic rings. The molecule has 0 saturated heterocycles. The van der Waals surface area contributed by atoms with E-state index in [9.17, 15) is 9.59 Å². The van der Waals surface area contributed by atoms with Gasteiger partial charge in [-0.15, -0.1) is 0 Å². The Balaban J connectivity index is 1.68. The minimum atomic E-state index is -0.0749. The zero-order valence-electron chi connectivity index (χ0n) is 13.0. The average molecular weight is 316 g/mol. The molecule has 1 heterocycles. The summed E-state index contributed by atoms with van der Waals surface area (Å²) in [6.45, 7) is 1.62. The maximum Gasteiger partial charge on any atom is 0.244 e. The maximum atomic E-state index is 12.1. The van der Waals surface area contributed by atoms with Gasteiger partial charge in [0.15, 0.2) is 0 Å². The number of nitrogens with zero attached hydrogens (tertiary/aromatic N) is 3. The van der Waals surface area contributed by atoms with Gasteiger partial charge in [-0.25, -0.2) is 0 Å². The first-order valence-corrected chi connectivity index (χ1v) is 7.27. The van der Waals surface area contributed by atoms with Crippen LogP contribution in [0.4, 0.5) is 5.69 Å². The summed E-state index contributed by atoms with van der Waals surface area (Å²) in [6, 6.07) is 9.88. The molecule has 7 nitrogen and oxygen atoms in total. The Labute approximate surface area is 134 Å². The number of amides is 2. The normalized spacial score (nSPS) is 10.3. The molecule has 0 aliphatic carbocycles. The lowest BCUT2D eigenvalue weighted by Crippen LogP contribution is -2.33. The Morgan fingerprint density at radius 1 is 1.39 bits per heavy atom. The predicted molar refractivity (Wildman–Crippen MR) is 85.6 cm³/mol. The van der Waals surface area contributed by atoms with E-state index in [0.29, 0.717) is 31.9 Å². The van der Waals surface area contributed by atoms with Gasteiger partial charge in [-0.2, -0.15) is 5.10 Å². The van der Waals surface area contributed by atoms with Gasteiger partial charge in [0.05, 0.1) is 25.1 Å². The van der Waals surface area contributed by atoms with Crippen molar-refractivity contribution < 1.29 is 14.3 Å². The van der Waals surface area contributed by atoms with E-state index in [1.807, 2.05) is 30.3 Å². The van der Waals surface area contributed by atoms with Gasteiger partial charge in [-0.05, 0) is 5.56 Å². The van der Waals surface area contributed by atoms with Crippen molar-refractivity contribution in [2.75, 3.05) is 25.5 Å². The van der Waals surface area contributed by atoms with E-state index in [0.717, 1.165) is 5.56 Å². The highest BCUT2D eigenvalue weighted by atomic mass is 16.5. The second-order valence-corrected chi connectivity index (χ2v) is 5.04. The van der Waals surface area contributed by atoms with Crippen LogP contribution in [0, 0.1) is 0 Å². The maximum absolute atomic E-state index is 12.1. The molecule has 2 amide bonds. The Morgan fingerprint density at radius 3 is 2.91 bits per heavy atom. The van der Waals surface area contributed by atoms with Crippen molar-refractivity contribution in [1.82, 2.24) is 14.7 Å². The van der Waals surface area contributed by atoms with Crippen LogP contribution in [0.15, 0.2) is 42.7 Å². The van der Waals surface area contributed by atoms with Gasteiger partial charge in [-0.1, -0.05) is 30.3 Å². The minimum absolute atomic E-state index is 0.0749. The first-order chi connectivity index (χ1) is 11.2. The second kappa shape index (κ2) is 8.70. The predicted octanol–water partition coefficient (Wildman–Crippen LogP) is 1.13. The topological polar surface area (TPSA) is 76.5 Å². The van der Waals surface area contributed by atoms with Gasteiger partial charge in [-0.3, -0.25) is 14.3 Å². The molecule has 2 rings (SSSR count). The summed E-state index contributed by atoms with van der Waals surface area (Å²) >= 11 is 0. The number of nitrogens with one attached hydrogen (secondary N) is 1.